The standard InChI is InChI=1S/C11H7F4N3/c12-7-4-2-1-3-6(7)8-9(11(13,14)15)17-5-18-10(8)16/h1-5H,(H2,16,17,18). The molecule has 1 heterocycles. The average Bonchev–Trinajstić information content (AvgIpc) is 2.29. The normalized spacial score (nSPS) is 11.6. The summed E-state index contributed by atoms with van der Waals surface area (Å²) in [4.78, 5) is 6.62. The SMILES string of the molecule is Nc1ncnc(C(F)(F)F)c1-c1ccccc1F. The van der Waals surface area contributed by atoms with Crippen molar-refractivity contribution < 1.29 is 17.6 Å². The first kappa shape index (κ1) is 12.3. The van der Waals surface area contributed by atoms with Gasteiger partial charge < -0.3 is 5.73 Å². The van der Waals surface area contributed by atoms with Crippen LogP contribution in [0.5, 0.6) is 0 Å². The molecule has 0 atom stereocenters. The quantitative estimate of drug-likeness (QED) is 0.799. The molecule has 2 N–H and O–H groups in total. The van der Waals surface area contributed by atoms with Crippen LogP contribution in [-0.2, 0) is 6.18 Å². The summed E-state index contributed by atoms with van der Waals surface area (Å²) >= 11 is 0. The third-order valence-corrected chi connectivity index (χ3v) is 2.29. The van der Waals surface area contributed by atoms with Crippen LogP contribution in [0.1, 0.15) is 5.69 Å². The van der Waals surface area contributed by atoms with E-state index in [2.05, 4.69) is 9.97 Å². The highest BCUT2D eigenvalue weighted by Crippen LogP contribution is 2.38. The van der Waals surface area contributed by atoms with E-state index in [1.807, 2.05) is 0 Å². The summed E-state index contributed by atoms with van der Waals surface area (Å²) in [7, 11) is 0. The number of hydrogen-bond donors (Lipinski definition) is 1. The summed E-state index contributed by atoms with van der Waals surface area (Å²) < 4.78 is 51.9. The average molecular weight is 257 g/mol. The Labute approximate surface area is 99.3 Å². The maximum absolute atomic E-state index is 13.5. The van der Waals surface area contributed by atoms with Gasteiger partial charge in [-0.15, -0.1) is 0 Å². The van der Waals surface area contributed by atoms with Gasteiger partial charge in [0.1, 0.15) is 18.0 Å². The highest BCUT2D eigenvalue weighted by atomic mass is 19.4. The zero-order valence-corrected chi connectivity index (χ0v) is 8.87. The zero-order chi connectivity index (χ0) is 13.3. The van der Waals surface area contributed by atoms with E-state index < -0.39 is 29.1 Å². The molecule has 1 aromatic carbocycles. The van der Waals surface area contributed by atoms with Crippen LogP contribution in [0.4, 0.5) is 23.4 Å². The minimum absolute atomic E-state index is 0.275. The topological polar surface area (TPSA) is 51.8 Å². The van der Waals surface area contributed by atoms with E-state index >= 15 is 0 Å². The second-order valence-electron chi connectivity index (χ2n) is 3.46. The first-order chi connectivity index (χ1) is 8.41. The molecule has 7 heteroatoms. The van der Waals surface area contributed by atoms with Crippen molar-refractivity contribution in [3.05, 3.63) is 42.1 Å². The van der Waals surface area contributed by atoms with E-state index in [1.54, 1.807) is 0 Å². The van der Waals surface area contributed by atoms with Gasteiger partial charge in [0.25, 0.3) is 0 Å². The van der Waals surface area contributed by atoms with Gasteiger partial charge in [0.2, 0.25) is 0 Å². The number of halogens is 4. The number of nitrogens with two attached hydrogens (primary N) is 1. The predicted molar refractivity (Wildman–Crippen MR) is 56.8 cm³/mol. The number of nitrogens with zero attached hydrogens (tertiary/aromatic N) is 2. The predicted octanol–water partition coefficient (Wildman–Crippen LogP) is 2.88. The van der Waals surface area contributed by atoms with Crippen LogP contribution in [0.2, 0.25) is 0 Å². The van der Waals surface area contributed by atoms with Crippen LogP contribution in [0.15, 0.2) is 30.6 Å². The Hall–Kier alpha value is -2.18. The Bertz CT molecular complexity index is 581. The monoisotopic (exact) mass is 257 g/mol. The molecule has 0 saturated heterocycles. The van der Waals surface area contributed by atoms with E-state index in [9.17, 15) is 17.6 Å². The molecule has 0 spiro atoms. The highest BCUT2D eigenvalue weighted by molar-refractivity contribution is 5.76. The number of hydrogen-bond acceptors (Lipinski definition) is 3. The molecule has 94 valence electrons. The van der Waals surface area contributed by atoms with Crippen molar-refractivity contribution in [2.45, 2.75) is 6.18 Å². The van der Waals surface area contributed by atoms with Crippen molar-refractivity contribution in [3.63, 3.8) is 0 Å². The molecule has 0 radical (unpaired) electrons. The van der Waals surface area contributed by atoms with E-state index in [-0.39, 0.29) is 5.56 Å². The maximum Gasteiger partial charge on any atom is 0.434 e. The van der Waals surface area contributed by atoms with Crippen LogP contribution >= 0.6 is 0 Å². The number of anilines is 1. The molecule has 0 amide bonds. The van der Waals surface area contributed by atoms with Crippen LogP contribution < -0.4 is 5.73 Å². The van der Waals surface area contributed by atoms with Crippen LogP contribution in [0, 0.1) is 5.82 Å². The molecule has 0 fully saturated rings. The molecule has 0 aliphatic carbocycles. The lowest BCUT2D eigenvalue weighted by Gasteiger charge is -2.13. The largest absolute Gasteiger partial charge is 0.434 e. The minimum Gasteiger partial charge on any atom is -0.383 e. The minimum atomic E-state index is -4.73. The second kappa shape index (κ2) is 4.25. The van der Waals surface area contributed by atoms with Gasteiger partial charge in [-0.05, 0) is 6.07 Å². The lowest BCUT2D eigenvalue weighted by Crippen LogP contribution is -2.13. The van der Waals surface area contributed by atoms with Gasteiger partial charge >= 0.3 is 6.18 Å². The number of benzene rings is 1. The second-order valence-corrected chi connectivity index (χ2v) is 3.46. The highest BCUT2D eigenvalue weighted by Gasteiger charge is 2.37. The summed E-state index contributed by atoms with van der Waals surface area (Å²) in [5, 5.41) is 0. The fourth-order valence-corrected chi connectivity index (χ4v) is 1.54. The lowest BCUT2D eigenvalue weighted by molar-refractivity contribution is -0.140. The van der Waals surface area contributed by atoms with Crippen molar-refractivity contribution in [1.29, 1.82) is 0 Å². The molecular weight excluding hydrogens is 250 g/mol. The van der Waals surface area contributed by atoms with Gasteiger partial charge in [-0.25, -0.2) is 14.4 Å². The molecule has 3 nitrogen and oxygen atoms in total. The molecule has 18 heavy (non-hydrogen) atoms. The Morgan fingerprint density at radius 1 is 1.06 bits per heavy atom. The number of aromatic nitrogens is 2. The molecule has 0 aliphatic heterocycles. The lowest BCUT2D eigenvalue weighted by atomic mass is 10.0. The van der Waals surface area contributed by atoms with E-state index in [0.717, 1.165) is 6.07 Å². The van der Waals surface area contributed by atoms with Gasteiger partial charge in [0, 0.05) is 5.56 Å². The summed E-state index contributed by atoms with van der Waals surface area (Å²) in [5.41, 5.74) is 3.34. The smallest absolute Gasteiger partial charge is 0.383 e. The molecule has 0 bridgehead atoms. The fraction of sp³-hybridized carbons (Fsp3) is 0.0909. The van der Waals surface area contributed by atoms with Gasteiger partial charge in [0.15, 0.2) is 5.69 Å². The molecule has 1 aromatic heterocycles. The van der Waals surface area contributed by atoms with Crippen LogP contribution in [-0.4, -0.2) is 9.97 Å². The summed E-state index contributed by atoms with van der Waals surface area (Å²) in [5.74, 6) is -1.23. The Morgan fingerprint density at radius 2 is 1.72 bits per heavy atom. The van der Waals surface area contributed by atoms with Crippen molar-refractivity contribution in [2.75, 3.05) is 5.73 Å². The number of rotatable bonds is 1. The van der Waals surface area contributed by atoms with Crippen molar-refractivity contribution in [2.24, 2.45) is 0 Å². The molecule has 0 aliphatic rings. The van der Waals surface area contributed by atoms with Gasteiger partial charge in [-0.3, -0.25) is 0 Å². The fourth-order valence-electron chi connectivity index (χ4n) is 1.54. The first-order valence-corrected chi connectivity index (χ1v) is 4.84. The van der Waals surface area contributed by atoms with Gasteiger partial charge in [0.05, 0.1) is 5.56 Å². The summed E-state index contributed by atoms with van der Waals surface area (Å²) in [6, 6.07) is 5.01. The number of alkyl halides is 3. The molecule has 2 rings (SSSR count). The van der Waals surface area contributed by atoms with Gasteiger partial charge in [-0.2, -0.15) is 13.2 Å². The van der Waals surface area contributed by atoms with E-state index in [0.29, 0.717) is 6.33 Å². The van der Waals surface area contributed by atoms with Gasteiger partial charge in [-0.1, -0.05) is 18.2 Å². The molecule has 0 saturated carbocycles. The van der Waals surface area contributed by atoms with Crippen molar-refractivity contribution in [3.8, 4) is 11.1 Å². The van der Waals surface area contributed by atoms with Crippen LogP contribution in [0.3, 0.4) is 0 Å². The third-order valence-electron chi connectivity index (χ3n) is 2.29. The first-order valence-electron chi connectivity index (χ1n) is 4.84. The molecular formula is C11H7F4N3. The Morgan fingerprint density at radius 3 is 2.33 bits per heavy atom. The Kier molecular flexibility index (Phi) is 2.90. The maximum atomic E-state index is 13.5. The van der Waals surface area contributed by atoms with Crippen molar-refractivity contribution in [1.82, 2.24) is 9.97 Å². The van der Waals surface area contributed by atoms with Crippen LogP contribution in [0.25, 0.3) is 11.1 Å². The van der Waals surface area contributed by atoms with E-state index in [4.69, 9.17) is 5.73 Å². The molecule has 0 unspecified atom stereocenters. The van der Waals surface area contributed by atoms with E-state index in [1.165, 1.54) is 18.2 Å². The Balaban J connectivity index is 2.75. The summed E-state index contributed by atoms with van der Waals surface area (Å²) in [6.07, 6.45) is -4.03. The molecule has 2 aromatic rings. The van der Waals surface area contributed by atoms with Crippen molar-refractivity contribution >= 4 is 5.82 Å². The zero-order valence-electron chi connectivity index (χ0n) is 8.87. The third kappa shape index (κ3) is 2.11. The number of nitrogen functional groups attached to an aromatic ring is 1. The summed E-state index contributed by atoms with van der Waals surface area (Å²) in [6.45, 7) is 0.